The minimum absolute atomic E-state index is 0.0000764. The van der Waals surface area contributed by atoms with E-state index >= 15 is 0 Å². The molecule has 1 aromatic carbocycles. The number of benzene rings is 1. The van der Waals surface area contributed by atoms with Gasteiger partial charge < -0.3 is 20.5 Å². The summed E-state index contributed by atoms with van der Waals surface area (Å²) in [5.41, 5.74) is 0. The summed E-state index contributed by atoms with van der Waals surface area (Å²) in [6.45, 7) is 3.40. The van der Waals surface area contributed by atoms with Crippen LogP contribution in [0, 0.1) is 11.7 Å². The summed E-state index contributed by atoms with van der Waals surface area (Å²) in [6, 6.07) is 6.01. The standard InChI is InChI=1S/C15H21FN2O3/c1-2-13(21-14-6-4-3-5-11(14)16)15(20)18-8-10-7-17-9-12(10)19/h3-6,10,12-13,17,19H,2,7-9H2,1H3,(H,18,20). The minimum atomic E-state index is -0.742. The summed E-state index contributed by atoms with van der Waals surface area (Å²) >= 11 is 0. The molecule has 5 nitrogen and oxygen atoms in total. The van der Waals surface area contributed by atoms with Crippen LogP contribution in [0.15, 0.2) is 24.3 Å². The predicted octanol–water partition coefficient (Wildman–Crippen LogP) is 0.680. The lowest BCUT2D eigenvalue weighted by molar-refractivity contribution is -0.128. The van der Waals surface area contributed by atoms with E-state index in [1.807, 2.05) is 0 Å². The van der Waals surface area contributed by atoms with Crippen LogP contribution >= 0.6 is 0 Å². The van der Waals surface area contributed by atoms with E-state index in [1.165, 1.54) is 12.1 Å². The van der Waals surface area contributed by atoms with Crippen molar-refractivity contribution in [1.29, 1.82) is 0 Å². The Morgan fingerprint density at radius 2 is 2.29 bits per heavy atom. The van der Waals surface area contributed by atoms with E-state index in [2.05, 4.69) is 10.6 Å². The molecule has 1 amide bonds. The first-order valence-corrected chi connectivity index (χ1v) is 7.19. The Bertz CT molecular complexity index is 484. The molecular weight excluding hydrogens is 275 g/mol. The molecule has 0 bridgehead atoms. The van der Waals surface area contributed by atoms with Crippen molar-refractivity contribution in [3.8, 4) is 5.75 Å². The minimum Gasteiger partial charge on any atom is -0.478 e. The molecular formula is C15H21FN2O3. The topological polar surface area (TPSA) is 70.6 Å². The molecule has 21 heavy (non-hydrogen) atoms. The maximum atomic E-state index is 13.5. The van der Waals surface area contributed by atoms with Gasteiger partial charge in [0.1, 0.15) is 0 Å². The van der Waals surface area contributed by atoms with E-state index in [4.69, 9.17) is 4.74 Å². The number of rotatable bonds is 6. The number of hydrogen-bond donors (Lipinski definition) is 3. The summed E-state index contributed by atoms with van der Waals surface area (Å²) in [5.74, 6) is -0.707. The molecule has 1 saturated heterocycles. The molecule has 0 aliphatic carbocycles. The van der Waals surface area contributed by atoms with Crippen LogP contribution < -0.4 is 15.4 Å². The second kappa shape index (κ2) is 7.38. The second-order valence-corrected chi connectivity index (χ2v) is 5.18. The number of ether oxygens (including phenoxy) is 1. The molecule has 0 radical (unpaired) electrons. The van der Waals surface area contributed by atoms with Gasteiger partial charge in [-0.2, -0.15) is 0 Å². The lowest BCUT2D eigenvalue weighted by Crippen LogP contribution is -2.42. The summed E-state index contributed by atoms with van der Waals surface area (Å²) in [6.07, 6.45) is -0.752. The Morgan fingerprint density at radius 3 is 2.90 bits per heavy atom. The molecule has 0 aromatic heterocycles. The van der Waals surface area contributed by atoms with E-state index < -0.39 is 18.0 Å². The molecule has 116 valence electrons. The highest BCUT2D eigenvalue weighted by atomic mass is 19.1. The van der Waals surface area contributed by atoms with E-state index in [0.717, 1.165) is 0 Å². The summed E-state index contributed by atoms with van der Waals surface area (Å²) in [7, 11) is 0. The smallest absolute Gasteiger partial charge is 0.261 e. The monoisotopic (exact) mass is 296 g/mol. The lowest BCUT2D eigenvalue weighted by Gasteiger charge is -2.20. The Kier molecular flexibility index (Phi) is 5.52. The molecule has 1 aliphatic heterocycles. The van der Waals surface area contributed by atoms with Crippen molar-refractivity contribution in [2.45, 2.75) is 25.6 Å². The number of aliphatic hydroxyl groups is 1. The molecule has 3 atom stereocenters. The summed E-state index contributed by atoms with van der Waals surface area (Å²) in [5, 5.41) is 15.5. The zero-order valence-corrected chi connectivity index (χ0v) is 12.0. The van der Waals surface area contributed by atoms with Gasteiger partial charge in [-0.1, -0.05) is 19.1 Å². The van der Waals surface area contributed by atoms with E-state index in [0.29, 0.717) is 26.1 Å². The number of carbonyl (C=O) groups excluding carboxylic acids is 1. The highest BCUT2D eigenvalue weighted by Gasteiger charge is 2.27. The number of carbonyl (C=O) groups is 1. The molecule has 1 heterocycles. The van der Waals surface area contributed by atoms with Crippen molar-refractivity contribution in [2.75, 3.05) is 19.6 Å². The third-order valence-electron chi connectivity index (χ3n) is 3.61. The Balaban J connectivity index is 1.88. The van der Waals surface area contributed by atoms with Gasteiger partial charge in [0.2, 0.25) is 0 Å². The van der Waals surface area contributed by atoms with Crippen LogP contribution in [-0.4, -0.2) is 42.9 Å². The van der Waals surface area contributed by atoms with Gasteiger partial charge in [-0.05, 0) is 18.6 Å². The van der Waals surface area contributed by atoms with Gasteiger partial charge in [0.25, 0.3) is 5.91 Å². The third-order valence-corrected chi connectivity index (χ3v) is 3.61. The molecule has 6 heteroatoms. The third kappa shape index (κ3) is 4.15. The van der Waals surface area contributed by atoms with Crippen LogP contribution in [0.3, 0.4) is 0 Å². The zero-order chi connectivity index (χ0) is 15.2. The number of nitrogens with one attached hydrogen (secondary N) is 2. The Hall–Kier alpha value is -1.66. The fourth-order valence-corrected chi connectivity index (χ4v) is 2.29. The number of aliphatic hydroxyl groups excluding tert-OH is 1. The molecule has 1 aromatic rings. The van der Waals surface area contributed by atoms with Gasteiger partial charge in [0.05, 0.1) is 6.10 Å². The van der Waals surface area contributed by atoms with Gasteiger partial charge in [0.15, 0.2) is 17.7 Å². The molecule has 3 unspecified atom stereocenters. The van der Waals surface area contributed by atoms with Gasteiger partial charge in [0, 0.05) is 25.6 Å². The molecule has 0 spiro atoms. The van der Waals surface area contributed by atoms with Crippen molar-refractivity contribution >= 4 is 5.91 Å². The fraction of sp³-hybridized carbons (Fsp3) is 0.533. The van der Waals surface area contributed by atoms with Crippen molar-refractivity contribution in [3.05, 3.63) is 30.1 Å². The number of halogens is 1. The van der Waals surface area contributed by atoms with Crippen LogP contribution in [0.2, 0.25) is 0 Å². The molecule has 0 saturated carbocycles. The largest absolute Gasteiger partial charge is 0.478 e. The van der Waals surface area contributed by atoms with Crippen LogP contribution in [0.4, 0.5) is 4.39 Å². The van der Waals surface area contributed by atoms with Gasteiger partial charge >= 0.3 is 0 Å². The van der Waals surface area contributed by atoms with Crippen molar-refractivity contribution in [1.82, 2.24) is 10.6 Å². The maximum Gasteiger partial charge on any atom is 0.261 e. The van der Waals surface area contributed by atoms with Gasteiger partial charge in [-0.15, -0.1) is 0 Å². The van der Waals surface area contributed by atoms with Crippen LogP contribution in [0.25, 0.3) is 0 Å². The van der Waals surface area contributed by atoms with Crippen molar-refractivity contribution < 1.29 is 19.0 Å². The second-order valence-electron chi connectivity index (χ2n) is 5.18. The first kappa shape index (κ1) is 15.7. The fourth-order valence-electron chi connectivity index (χ4n) is 2.29. The first-order chi connectivity index (χ1) is 10.1. The summed E-state index contributed by atoms with van der Waals surface area (Å²) in [4.78, 5) is 12.1. The first-order valence-electron chi connectivity index (χ1n) is 7.19. The number of para-hydroxylation sites is 1. The average Bonchev–Trinajstić information content (AvgIpc) is 2.89. The average molecular weight is 296 g/mol. The maximum absolute atomic E-state index is 13.5. The van der Waals surface area contributed by atoms with Gasteiger partial charge in [-0.3, -0.25) is 4.79 Å². The number of amides is 1. The van der Waals surface area contributed by atoms with Crippen molar-refractivity contribution in [3.63, 3.8) is 0 Å². The highest BCUT2D eigenvalue weighted by Crippen LogP contribution is 2.18. The van der Waals surface area contributed by atoms with Crippen molar-refractivity contribution in [2.24, 2.45) is 5.92 Å². The van der Waals surface area contributed by atoms with Crippen LogP contribution in [0.1, 0.15) is 13.3 Å². The number of hydrogen-bond acceptors (Lipinski definition) is 4. The summed E-state index contributed by atoms with van der Waals surface area (Å²) < 4.78 is 19.0. The molecule has 1 aliphatic rings. The number of β-amino-alcohol motifs (C(OH)–C–C–N with tert-alkyl or cyclic N) is 1. The van der Waals surface area contributed by atoms with Crippen LogP contribution in [-0.2, 0) is 4.79 Å². The quantitative estimate of drug-likeness (QED) is 0.722. The molecule has 3 N–H and O–H groups in total. The highest BCUT2D eigenvalue weighted by molar-refractivity contribution is 5.81. The zero-order valence-electron chi connectivity index (χ0n) is 12.0. The van der Waals surface area contributed by atoms with Gasteiger partial charge in [-0.25, -0.2) is 4.39 Å². The SMILES string of the molecule is CCC(Oc1ccccc1F)C(=O)NCC1CNCC1O. The Labute approximate surface area is 123 Å². The van der Waals surface area contributed by atoms with Crippen LogP contribution in [0.5, 0.6) is 5.75 Å². The lowest BCUT2D eigenvalue weighted by atomic mass is 10.1. The van der Waals surface area contributed by atoms with E-state index in [1.54, 1.807) is 19.1 Å². The predicted molar refractivity (Wildman–Crippen MR) is 76.5 cm³/mol. The molecule has 1 fully saturated rings. The normalized spacial score (nSPS) is 22.8. The van der Waals surface area contributed by atoms with E-state index in [9.17, 15) is 14.3 Å². The van der Waals surface area contributed by atoms with E-state index in [-0.39, 0.29) is 17.6 Å². The molecule has 2 rings (SSSR count). The Morgan fingerprint density at radius 1 is 1.52 bits per heavy atom.